The summed E-state index contributed by atoms with van der Waals surface area (Å²) in [7, 11) is 1.31. The fourth-order valence-corrected chi connectivity index (χ4v) is 2.14. The molecule has 0 aromatic heterocycles. The fourth-order valence-electron chi connectivity index (χ4n) is 2.14. The van der Waals surface area contributed by atoms with Gasteiger partial charge in [-0.05, 0) is 12.3 Å². The molecular weight excluding hydrogens is 208 g/mol. The van der Waals surface area contributed by atoms with Crippen molar-refractivity contribution in [2.75, 3.05) is 7.11 Å². The fraction of sp³-hybridized carbons (Fsp3) is 0.750. The number of esters is 1. The molecule has 0 spiro atoms. The quantitative estimate of drug-likeness (QED) is 0.538. The number of hydrogen-bond donors (Lipinski definition) is 0. The third kappa shape index (κ3) is 2.90. The van der Waals surface area contributed by atoms with Gasteiger partial charge in [-0.3, -0.25) is 14.4 Å². The zero-order chi connectivity index (χ0) is 12.3. The Hall–Kier alpha value is -1.19. The predicted molar refractivity (Wildman–Crippen MR) is 57.7 cm³/mol. The third-order valence-electron chi connectivity index (χ3n) is 3.07. The molecule has 0 heterocycles. The zero-order valence-electron chi connectivity index (χ0n) is 9.99. The van der Waals surface area contributed by atoms with Crippen molar-refractivity contribution in [2.45, 2.75) is 33.1 Å². The van der Waals surface area contributed by atoms with E-state index in [0.717, 1.165) is 0 Å². The third-order valence-corrected chi connectivity index (χ3v) is 3.07. The van der Waals surface area contributed by atoms with Crippen LogP contribution in [0.2, 0.25) is 0 Å². The molecule has 0 amide bonds. The molecule has 0 aromatic carbocycles. The van der Waals surface area contributed by atoms with Gasteiger partial charge in [-0.2, -0.15) is 0 Å². The van der Waals surface area contributed by atoms with E-state index in [1.807, 2.05) is 6.92 Å². The number of ketones is 2. The molecule has 1 aliphatic rings. The van der Waals surface area contributed by atoms with E-state index >= 15 is 0 Å². The van der Waals surface area contributed by atoms with Crippen molar-refractivity contribution < 1.29 is 19.1 Å². The molecule has 0 radical (unpaired) electrons. The van der Waals surface area contributed by atoms with E-state index in [1.54, 1.807) is 6.92 Å². The second-order valence-electron chi connectivity index (χ2n) is 4.66. The van der Waals surface area contributed by atoms with E-state index in [9.17, 15) is 14.4 Å². The summed E-state index contributed by atoms with van der Waals surface area (Å²) in [5, 5.41) is 0. The van der Waals surface area contributed by atoms with Crippen LogP contribution in [-0.2, 0) is 19.1 Å². The number of ether oxygens (including phenoxy) is 1. The van der Waals surface area contributed by atoms with Gasteiger partial charge in [-0.15, -0.1) is 0 Å². The number of rotatable bonds is 3. The number of carbonyl (C=O) groups is 3. The highest BCUT2D eigenvalue weighted by atomic mass is 16.5. The average Bonchev–Trinajstić information content (AvgIpc) is 2.21. The Morgan fingerprint density at radius 1 is 1.38 bits per heavy atom. The summed E-state index contributed by atoms with van der Waals surface area (Å²) < 4.78 is 4.58. The number of methoxy groups -OCH3 is 1. The Labute approximate surface area is 95.3 Å². The van der Waals surface area contributed by atoms with E-state index in [4.69, 9.17) is 0 Å². The number of hydrogen-bond acceptors (Lipinski definition) is 4. The molecule has 1 aliphatic carbocycles. The van der Waals surface area contributed by atoms with Gasteiger partial charge in [0.25, 0.3) is 0 Å². The summed E-state index contributed by atoms with van der Waals surface area (Å²) >= 11 is 0. The summed E-state index contributed by atoms with van der Waals surface area (Å²) in [5.74, 6) is -1.26. The molecule has 1 unspecified atom stereocenters. The average molecular weight is 226 g/mol. The molecule has 0 saturated heterocycles. The summed E-state index contributed by atoms with van der Waals surface area (Å²) in [6, 6.07) is 0. The molecule has 16 heavy (non-hydrogen) atoms. The van der Waals surface area contributed by atoms with Gasteiger partial charge < -0.3 is 4.74 Å². The van der Waals surface area contributed by atoms with E-state index in [2.05, 4.69) is 4.74 Å². The van der Waals surface area contributed by atoms with Crippen molar-refractivity contribution >= 4 is 17.5 Å². The highest BCUT2D eigenvalue weighted by Gasteiger charge is 2.35. The van der Waals surface area contributed by atoms with Crippen molar-refractivity contribution in [3.63, 3.8) is 0 Å². The Kier molecular flexibility index (Phi) is 4.21. The maximum Gasteiger partial charge on any atom is 0.308 e. The zero-order valence-corrected chi connectivity index (χ0v) is 9.99. The highest BCUT2D eigenvalue weighted by molar-refractivity contribution is 6.04. The molecule has 0 N–H and O–H groups in total. The second-order valence-corrected chi connectivity index (χ2v) is 4.66. The van der Waals surface area contributed by atoms with Crippen molar-refractivity contribution in [1.82, 2.24) is 0 Å². The topological polar surface area (TPSA) is 60.4 Å². The predicted octanol–water partition coefficient (Wildman–Crippen LogP) is 1.37. The van der Waals surface area contributed by atoms with Crippen molar-refractivity contribution in [3.8, 4) is 0 Å². The minimum Gasteiger partial charge on any atom is -0.469 e. The van der Waals surface area contributed by atoms with Gasteiger partial charge in [-0.1, -0.05) is 13.8 Å². The van der Waals surface area contributed by atoms with Crippen molar-refractivity contribution in [2.24, 2.45) is 17.8 Å². The standard InChI is InChI=1S/C12H18O4/c1-7-4-10(13)9(11(14)5-7)6-8(2)12(15)16-3/h7-9H,4-6H2,1-3H3. The van der Waals surface area contributed by atoms with Crippen LogP contribution in [0.15, 0.2) is 0 Å². The molecule has 1 saturated carbocycles. The lowest BCUT2D eigenvalue weighted by Gasteiger charge is -2.25. The van der Waals surface area contributed by atoms with Crippen LogP contribution < -0.4 is 0 Å². The monoisotopic (exact) mass is 226 g/mol. The first-order chi connectivity index (χ1) is 7.45. The van der Waals surface area contributed by atoms with Gasteiger partial charge in [0.05, 0.1) is 18.9 Å². The van der Waals surface area contributed by atoms with E-state index in [1.165, 1.54) is 7.11 Å². The Bertz CT molecular complexity index is 290. The highest BCUT2D eigenvalue weighted by Crippen LogP contribution is 2.27. The van der Waals surface area contributed by atoms with Crippen LogP contribution in [-0.4, -0.2) is 24.6 Å². The van der Waals surface area contributed by atoms with Crippen LogP contribution in [0.5, 0.6) is 0 Å². The van der Waals surface area contributed by atoms with Gasteiger partial charge in [0.2, 0.25) is 0 Å². The first-order valence-electron chi connectivity index (χ1n) is 5.59. The molecule has 4 nitrogen and oxygen atoms in total. The van der Waals surface area contributed by atoms with Crippen molar-refractivity contribution in [1.29, 1.82) is 0 Å². The molecule has 90 valence electrons. The van der Waals surface area contributed by atoms with Gasteiger partial charge in [0.1, 0.15) is 11.6 Å². The maximum atomic E-state index is 11.7. The van der Waals surface area contributed by atoms with Gasteiger partial charge in [0, 0.05) is 12.8 Å². The van der Waals surface area contributed by atoms with Crippen LogP contribution in [0.3, 0.4) is 0 Å². The summed E-state index contributed by atoms with van der Waals surface area (Å²) in [6.45, 7) is 3.58. The van der Waals surface area contributed by atoms with Crippen LogP contribution in [0.1, 0.15) is 33.1 Å². The SMILES string of the molecule is COC(=O)C(C)CC1C(=O)CC(C)CC1=O. The molecule has 1 fully saturated rings. The number of Topliss-reactive ketones (excluding diaryl/α,β-unsaturated/α-hetero) is 2. The van der Waals surface area contributed by atoms with E-state index in [0.29, 0.717) is 12.8 Å². The minimum atomic E-state index is -0.592. The first-order valence-corrected chi connectivity index (χ1v) is 5.59. The largest absolute Gasteiger partial charge is 0.469 e. The summed E-state index contributed by atoms with van der Waals surface area (Å²) in [6.07, 6.45) is 1.19. The Morgan fingerprint density at radius 2 is 1.88 bits per heavy atom. The second kappa shape index (κ2) is 5.23. The van der Waals surface area contributed by atoms with Gasteiger partial charge in [0.15, 0.2) is 0 Å². The summed E-state index contributed by atoms with van der Waals surface area (Å²) in [5.41, 5.74) is 0. The lowest BCUT2D eigenvalue weighted by atomic mass is 9.77. The Morgan fingerprint density at radius 3 is 2.31 bits per heavy atom. The van der Waals surface area contributed by atoms with Gasteiger partial charge >= 0.3 is 5.97 Å². The lowest BCUT2D eigenvalue weighted by Crippen LogP contribution is -2.34. The molecule has 4 heteroatoms. The maximum absolute atomic E-state index is 11.7. The first kappa shape index (κ1) is 12.9. The Balaban J connectivity index is 2.62. The number of carbonyl (C=O) groups excluding carboxylic acids is 3. The molecule has 0 aromatic rings. The van der Waals surface area contributed by atoms with Gasteiger partial charge in [-0.25, -0.2) is 0 Å². The van der Waals surface area contributed by atoms with Crippen molar-refractivity contribution in [3.05, 3.63) is 0 Å². The summed E-state index contributed by atoms with van der Waals surface area (Å²) in [4.78, 5) is 34.6. The molecule has 0 aliphatic heterocycles. The normalized spacial score (nSPS) is 27.7. The molecular formula is C12H18O4. The van der Waals surface area contributed by atoms with Crippen LogP contribution in [0, 0.1) is 17.8 Å². The van der Waals surface area contributed by atoms with Crippen LogP contribution in [0.4, 0.5) is 0 Å². The van der Waals surface area contributed by atoms with Crippen LogP contribution >= 0.6 is 0 Å². The van der Waals surface area contributed by atoms with E-state index in [-0.39, 0.29) is 29.9 Å². The smallest absolute Gasteiger partial charge is 0.308 e. The minimum absolute atomic E-state index is 0.0282. The lowest BCUT2D eigenvalue weighted by molar-refractivity contribution is -0.146. The molecule has 1 rings (SSSR count). The van der Waals surface area contributed by atoms with E-state index < -0.39 is 11.8 Å². The molecule has 1 atom stereocenters. The van der Waals surface area contributed by atoms with Crippen LogP contribution in [0.25, 0.3) is 0 Å². The molecule has 0 bridgehead atoms.